The molecule has 21 heavy (non-hydrogen) atoms. The molecular formula is C14H19N3O3S. The molecule has 0 amide bonds. The van der Waals surface area contributed by atoms with Crippen molar-refractivity contribution in [2.24, 2.45) is 0 Å². The molecule has 1 saturated heterocycles. The summed E-state index contributed by atoms with van der Waals surface area (Å²) in [6.45, 7) is 0.950. The van der Waals surface area contributed by atoms with Crippen LogP contribution < -0.4 is 10.1 Å². The van der Waals surface area contributed by atoms with Gasteiger partial charge in [0.1, 0.15) is 10.6 Å². The van der Waals surface area contributed by atoms with E-state index in [0.29, 0.717) is 18.7 Å². The molecule has 2 rings (SSSR count). The zero-order chi connectivity index (χ0) is 15.5. The van der Waals surface area contributed by atoms with Gasteiger partial charge < -0.3 is 10.1 Å². The molecule has 1 unspecified atom stereocenters. The average Bonchev–Trinajstić information content (AvgIpc) is 2.54. The van der Waals surface area contributed by atoms with Crippen molar-refractivity contribution in [3.8, 4) is 11.8 Å². The number of nitrogens with zero attached hydrogens (tertiary/aromatic N) is 2. The number of methoxy groups -OCH3 is 1. The molecule has 1 aromatic carbocycles. The number of nitrogens with one attached hydrogen (secondary N) is 1. The van der Waals surface area contributed by atoms with Crippen molar-refractivity contribution in [2.75, 3.05) is 27.2 Å². The number of ether oxygens (including phenoxy) is 1. The number of rotatable bonds is 4. The predicted molar refractivity (Wildman–Crippen MR) is 78.5 cm³/mol. The Bertz CT molecular complexity index is 652. The summed E-state index contributed by atoms with van der Waals surface area (Å²) in [4.78, 5) is 0.112. The molecule has 0 radical (unpaired) electrons. The fraction of sp³-hybridized carbons (Fsp3) is 0.500. The van der Waals surface area contributed by atoms with Crippen LogP contribution >= 0.6 is 0 Å². The van der Waals surface area contributed by atoms with E-state index in [1.165, 1.54) is 29.6 Å². The lowest BCUT2D eigenvalue weighted by atomic mass is 10.1. The number of likely N-dealkylation sites (N-methyl/N-ethyl adjacent to an activating group) is 1. The molecule has 1 heterocycles. The van der Waals surface area contributed by atoms with Crippen LogP contribution in [0.4, 0.5) is 0 Å². The third kappa shape index (κ3) is 3.18. The summed E-state index contributed by atoms with van der Waals surface area (Å²) >= 11 is 0. The summed E-state index contributed by atoms with van der Waals surface area (Å²) in [7, 11) is -0.373. The number of sulfonamides is 1. The molecular weight excluding hydrogens is 290 g/mol. The highest BCUT2D eigenvalue weighted by molar-refractivity contribution is 7.89. The van der Waals surface area contributed by atoms with Gasteiger partial charge in [0, 0.05) is 19.1 Å². The van der Waals surface area contributed by atoms with Crippen molar-refractivity contribution in [1.82, 2.24) is 9.62 Å². The second-order valence-electron chi connectivity index (χ2n) is 4.97. The van der Waals surface area contributed by atoms with Gasteiger partial charge in [-0.05, 0) is 38.1 Å². The van der Waals surface area contributed by atoms with Gasteiger partial charge in [-0.1, -0.05) is 0 Å². The van der Waals surface area contributed by atoms with Crippen molar-refractivity contribution in [3.05, 3.63) is 23.8 Å². The Hall–Kier alpha value is -1.62. The molecule has 1 aliphatic rings. The molecule has 1 aliphatic heterocycles. The monoisotopic (exact) mass is 309 g/mol. The molecule has 0 saturated carbocycles. The zero-order valence-electron chi connectivity index (χ0n) is 12.2. The van der Waals surface area contributed by atoms with E-state index >= 15 is 0 Å². The first-order chi connectivity index (χ1) is 10.0. The lowest BCUT2D eigenvalue weighted by molar-refractivity contribution is 0.291. The van der Waals surface area contributed by atoms with Crippen LogP contribution in [0, 0.1) is 11.3 Å². The minimum atomic E-state index is -3.61. The van der Waals surface area contributed by atoms with E-state index in [9.17, 15) is 8.42 Å². The first-order valence-electron chi connectivity index (χ1n) is 6.78. The number of nitriles is 1. The SMILES string of the molecule is CNC1CCCN(S(=O)(=O)c2ccc(C#N)cc2OC)C1. The first-order valence-corrected chi connectivity index (χ1v) is 8.22. The summed E-state index contributed by atoms with van der Waals surface area (Å²) in [6, 6.07) is 6.53. The molecule has 1 aromatic rings. The Morgan fingerprint density at radius 3 is 2.86 bits per heavy atom. The fourth-order valence-corrected chi connectivity index (χ4v) is 4.15. The highest BCUT2D eigenvalue weighted by Crippen LogP contribution is 2.29. The first kappa shape index (κ1) is 15.8. The van der Waals surface area contributed by atoms with Crippen LogP contribution in [0.2, 0.25) is 0 Å². The van der Waals surface area contributed by atoms with Crippen molar-refractivity contribution >= 4 is 10.0 Å². The minimum Gasteiger partial charge on any atom is -0.495 e. The second-order valence-corrected chi connectivity index (χ2v) is 6.87. The normalized spacial score (nSPS) is 20.0. The van der Waals surface area contributed by atoms with Crippen molar-refractivity contribution in [2.45, 2.75) is 23.8 Å². The summed E-state index contributed by atoms with van der Waals surface area (Å²) in [5, 5.41) is 12.0. The predicted octanol–water partition coefficient (Wildman–Crippen LogP) is 0.939. The molecule has 1 atom stereocenters. The molecule has 0 aromatic heterocycles. The van der Waals surface area contributed by atoms with Gasteiger partial charge in [-0.25, -0.2) is 8.42 Å². The summed E-state index contributed by atoms with van der Waals surface area (Å²) in [5.41, 5.74) is 0.373. The molecule has 114 valence electrons. The van der Waals surface area contributed by atoms with E-state index in [1.54, 1.807) is 0 Å². The topological polar surface area (TPSA) is 82.4 Å². The van der Waals surface area contributed by atoms with Crippen LogP contribution in [-0.4, -0.2) is 46.0 Å². The fourth-order valence-electron chi connectivity index (χ4n) is 2.49. The van der Waals surface area contributed by atoms with Gasteiger partial charge in [0.05, 0.1) is 18.7 Å². The van der Waals surface area contributed by atoms with Gasteiger partial charge in [0.25, 0.3) is 0 Å². The molecule has 1 fully saturated rings. The van der Waals surface area contributed by atoms with Crippen LogP contribution in [0.3, 0.4) is 0 Å². The standard InChI is InChI=1S/C14H19N3O3S/c1-16-12-4-3-7-17(10-12)21(18,19)14-6-5-11(9-15)8-13(14)20-2/h5-6,8,12,16H,3-4,7,10H2,1-2H3. The maximum atomic E-state index is 12.8. The van der Waals surface area contributed by atoms with Gasteiger partial charge in [-0.2, -0.15) is 9.57 Å². The summed E-state index contributed by atoms with van der Waals surface area (Å²) in [6.07, 6.45) is 1.79. The Kier molecular flexibility index (Phi) is 4.83. The van der Waals surface area contributed by atoms with Crippen molar-refractivity contribution in [1.29, 1.82) is 5.26 Å². The van der Waals surface area contributed by atoms with Gasteiger partial charge in [0.2, 0.25) is 10.0 Å². The van der Waals surface area contributed by atoms with Crippen LogP contribution in [0.25, 0.3) is 0 Å². The highest BCUT2D eigenvalue weighted by Gasteiger charge is 2.31. The van der Waals surface area contributed by atoms with E-state index in [1.807, 2.05) is 13.1 Å². The number of benzene rings is 1. The largest absolute Gasteiger partial charge is 0.495 e. The lowest BCUT2D eigenvalue weighted by Gasteiger charge is -2.32. The van der Waals surface area contributed by atoms with E-state index in [2.05, 4.69) is 5.32 Å². The molecule has 1 N–H and O–H groups in total. The van der Waals surface area contributed by atoms with Crippen LogP contribution in [-0.2, 0) is 10.0 Å². The number of hydrogen-bond donors (Lipinski definition) is 1. The van der Waals surface area contributed by atoms with Gasteiger partial charge in [-0.3, -0.25) is 0 Å². The van der Waals surface area contributed by atoms with Gasteiger partial charge in [0.15, 0.2) is 0 Å². The molecule has 0 aliphatic carbocycles. The molecule has 7 heteroatoms. The summed E-state index contributed by atoms with van der Waals surface area (Å²) in [5.74, 6) is 0.209. The molecule has 0 bridgehead atoms. The van der Waals surface area contributed by atoms with Crippen LogP contribution in [0.15, 0.2) is 23.1 Å². The Morgan fingerprint density at radius 1 is 1.48 bits per heavy atom. The highest BCUT2D eigenvalue weighted by atomic mass is 32.2. The number of hydrogen-bond acceptors (Lipinski definition) is 5. The quantitative estimate of drug-likeness (QED) is 0.895. The number of piperidine rings is 1. The Morgan fingerprint density at radius 2 is 2.24 bits per heavy atom. The zero-order valence-corrected chi connectivity index (χ0v) is 13.0. The maximum Gasteiger partial charge on any atom is 0.246 e. The third-order valence-corrected chi connectivity index (χ3v) is 5.61. The maximum absolute atomic E-state index is 12.8. The second kappa shape index (κ2) is 6.43. The third-order valence-electron chi connectivity index (χ3n) is 3.70. The van der Waals surface area contributed by atoms with E-state index < -0.39 is 10.0 Å². The molecule has 6 nitrogen and oxygen atoms in total. The van der Waals surface area contributed by atoms with E-state index in [0.717, 1.165) is 12.8 Å². The Labute approximate surface area is 125 Å². The van der Waals surface area contributed by atoms with Gasteiger partial charge >= 0.3 is 0 Å². The van der Waals surface area contributed by atoms with Crippen molar-refractivity contribution in [3.63, 3.8) is 0 Å². The van der Waals surface area contributed by atoms with Crippen molar-refractivity contribution < 1.29 is 13.2 Å². The summed E-state index contributed by atoms with van der Waals surface area (Å²) < 4.78 is 32.1. The van der Waals surface area contributed by atoms with Crippen LogP contribution in [0.1, 0.15) is 18.4 Å². The van der Waals surface area contributed by atoms with Crippen LogP contribution in [0.5, 0.6) is 5.75 Å². The van der Waals surface area contributed by atoms with Gasteiger partial charge in [-0.15, -0.1) is 0 Å². The smallest absolute Gasteiger partial charge is 0.246 e. The van der Waals surface area contributed by atoms with E-state index in [-0.39, 0.29) is 16.7 Å². The lowest BCUT2D eigenvalue weighted by Crippen LogP contribution is -2.46. The Balaban J connectivity index is 2.37. The van der Waals surface area contributed by atoms with E-state index in [4.69, 9.17) is 10.00 Å². The minimum absolute atomic E-state index is 0.112. The average molecular weight is 309 g/mol. The molecule has 0 spiro atoms.